The summed E-state index contributed by atoms with van der Waals surface area (Å²) in [6.45, 7) is 4.76. The largest absolute Gasteiger partial charge is 0.391 e. The third-order valence-corrected chi connectivity index (χ3v) is 5.03. The third-order valence-electron chi connectivity index (χ3n) is 3.99. The average molecular weight is 330 g/mol. The highest BCUT2D eigenvalue weighted by atomic mass is 32.2. The van der Waals surface area contributed by atoms with E-state index in [1.807, 2.05) is 30.0 Å². The second kappa shape index (κ2) is 9.11. The van der Waals surface area contributed by atoms with E-state index in [0.29, 0.717) is 0 Å². The molecule has 0 heterocycles. The monoisotopic (exact) mass is 329 g/mol. The van der Waals surface area contributed by atoms with Crippen molar-refractivity contribution in [3.8, 4) is 0 Å². The van der Waals surface area contributed by atoms with E-state index < -0.39 is 6.10 Å². The van der Waals surface area contributed by atoms with Gasteiger partial charge in [-0.15, -0.1) is 11.8 Å². The third kappa shape index (κ3) is 5.38. The van der Waals surface area contributed by atoms with Gasteiger partial charge >= 0.3 is 0 Å². The summed E-state index contributed by atoms with van der Waals surface area (Å²) in [6, 6.07) is 18.6. The van der Waals surface area contributed by atoms with Crippen molar-refractivity contribution >= 4 is 11.8 Å². The van der Waals surface area contributed by atoms with Crippen molar-refractivity contribution in [3.05, 3.63) is 65.7 Å². The van der Waals surface area contributed by atoms with Crippen LogP contribution in [-0.4, -0.2) is 23.5 Å². The Morgan fingerprint density at radius 1 is 0.957 bits per heavy atom. The molecule has 0 aliphatic rings. The number of thioether (sulfide) groups is 1. The molecule has 2 unspecified atom stereocenters. The first kappa shape index (κ1) is 18.1. The molecule has 2 atom stereocenters. The van der Waals surface area contributed by atoms with Crippen LogP contribution in [-0.2, 0) is 0 Å². The van der Waals surface area contributed by atoms with Gasteiger partial charge in [0.25, 0.3) is 0 Å². The van der Waals surface area contributed by atoms with E-state index in [4.69, 9.17) is 5.73 Å². The maximum atomic E-state index is 10.4. The molecule has 0 spiro atoms. The zero-order valence-corrected chi connectivity index (χ0v) is 14.8. The Kier molecular flexibility index (Phi) is 7.15. The molecular weight excluding hydrogens is 302 g/mol. The lowest BCUT2D eigenvalue weighted by molar-refractivity contribution is 0.164. The Labute approximate surface area is 144 Å². The minimum Gasteiger partial charge on any atom is -0.391 e. The van der Waals surface area contributed by atoms with E-state index in [1.54, 1.807) is 0 Å². The number of hydrogen-bond acceptors (Lipinski definition) is 3. The van der Waals surface area contributed by atoms with Crippen LogP contribution < -0.4 is 5.73 Å². The normalized spacial score (nSPS) is 14.0. The summed E-state index contributed by atoms with van der Waals surface area (Å²) in [5.74, 6) is 1.81. The molecular formula is C20H27NOS. The van der Waals surface area contributed by atoms with Crippen LogP contribution in [0.3, 0.4) is 0 Å². The molecule has 0 bridgehead atoms. The van der Waals surface area contributed by atoms with Crippen molar-refractivity contribution in [2.75, 3.05) is 12.3 Å². The minimum absolute atomic E-state index is 0.0732. The highest BCUT2D eigenvalue weighted by Crippen LogP contribution is 2.30. The van der Waals surface area contributed by atoms with Crippen molar-refractivity contribution in [1.82, 2.24) is 0 Å². The molecule has 2 aromatic carbocycles. The van der Waals surface area contributed by atoms with Gasteiger partial charge in [0.1, 0.15) is 0 Å². The van der Waals surface area contributed by atoms with Crippen LogP contribution >= 0.6 is 11.8 Å². The molecule has 0 amide bonds. The zero-order chi connectivity index (χ0) is 16.7. The highest BCUT2D eigenvalue weighted by molar-refractivity contribution is 7.99. The summed E-state index contributed by atoms with van der Waals surface area (Å²) >= 11 is 1.89. The number of nitrogens with two attached hydrogens (primary N) is 1. The van der Waals surface area contributed by atoms with Gasteiger partial charge < -0.3 is 10.8 Å². The minimum atomic E-state index is -0.572. The van der Waals surface area contributed by atoms with Crippen LogP contribution in [0, 0.1) is 5.92 Å². The molecule has 0 saturated carbocycles. The number of hydrogen-bond donors (Lipinski definition) is 2. The molecule has 0 radical (unpaired) electrons. The van der Waals surface area contributed by atoms with E-state index in [9.17, 15) is 5.11 Å². The van der Waals surface area contributed by atoms with Gasteiger partial charge in [0.05, 0.1) is 6.10 Å². The molecule has 2 rings (SSSR count). The number of aliphatic hydroxyl groups excluding tert-OH is 1. The lowest BCUT2D eigenvalue weighted by Crippen LogP contribution is -2.28. The summed E-state index contributed by atoms with van der Waals surface area (Å²) in [5.41, 5.74) is 7.93. The Morgan fingerprint density at radius 2 is 1.57 bits per heavy atom. The molecule has 0 aromatic heterocycles. The molecule has 2 nitrogen and oxygen atoms in total. The first-order chi connectivity index (χ1) is 11.1. The van der Waals surface area contributed by atoms with Gasteiger partial charge in [-0.3, -0.25) is 0 Å². The SMILES string of the molecule is CC(C)CCSc1ccc(C(c2ccccc2)C(O)CN)cc1. The summed E-state index contributed by atoms with van der Waals surface area (Å²) in [4.78, 5) is 1.28. The van der Waals surface area contributed by atoms with Gasteiger partial charge in [-0.25, -0.2) is 0 Å². The fourth-order valence-electron chi connectivity index (χ4n) is 2.62. The second-order valence-corrected chi connectivity index (χ2v) is 7.46. The summed E-state index contributed by atoms with van der Waals surface area (Å²) in [6.07, 6.45) is 0.655. The first-order valence-electron chi connectivity index (χ1n) is 8.27. The summed E-state index contributed by atoms with van der Waals surface area (Å²) in [5, 5.41) is 10.4. The quantitative estimate of drug-likeness (QED) is 0.711. The maximum Gasteiger partial charge on any atom is 0.0771 e. The molecule has 0 aliphatic heterocycles. The lowest BCUT2D eigenvalue weighted by atomic mass is 9.86. The maximum absolute atomic E-state index is 10.4. The molecule has 124 valence electrons. The van der Waals surface area contributed by atoms with Gasteiger partial charge in [-0.2, -0.15) is 0 Å². The summed E-state index contributed by atoms with van der Waals surface area (Å²) < 4.78 is 0. The van der Waals surface area contributed by atoms with Crippen molar-refractivity contribution in [3.63, 3.8) is 0 Å². The predicted octanol–water partition coefficient (Wildman–Crippen LogP) is 4.28. The van der Waals surface area contributed by atoms with Gasteiger partial charge in [-0.05, 0) is 41.4 Å². The molecule has 3 heteroatoms. The van der Waals surface area contributed by atoms with Crippen molar-refractivity contribution < 1.29 is 5.11 Å². The fourth-order valence-corrected chi connectivity index (χ4v) is 3.77. The topological polar surface area (TPSA) is 46.2 Å². The molecule has 23 heavy (non-hydrogen) atoms. The van der Waals surface area contributed by atoms with Crippen LogP contribution in [0.5, 0.6) is 0 Å². The summed E-state index contributed by atoms with van der Waals surface area (Å²) in [7, 11) is 0. The standard InChI is InChI=1S/C20H27NOS/c1-15(2)12-13-23-18-10-8-17(9-11-18)20(19(22)14-21)16-6-4-3-5-7-16/h3-11,15,19-20,22H,12-14,21H2,1-2H3. The van der Waals surface area contributed by atoms with E-state index in [2.05, 4.69) is 50.2 Å². The van der Waals surface area contributed by atoms with Crippen LogP contribution in [0.2, 0.25) is 0 Å². The number of aliphatic hydroxyl groups is 1. The zero-order valence-electron chi connectivity index (χ0n) is 14.0. The fraction of sp³-hybridized carbons (Fsp3) is 0.400. The van der Waals surface area contributed by atoms with Crippen LogP contribution in [0.25, 0.3) is 0 Å². The van der Waals surface area contributed by atoms with Crippen LogP contribution in [0.4, 0.5) is 0 Å². The van der Waals surface area contributed by atoms with Gasteiger partial charge in [0, 0.05) is 17.4 Å². The van der Waals surface area contributed by atoms with E-state index in [1.165, 1.54) is 11.3 Å². The Hall–Kier alpha value is -1.29. The molecule has 2 aromatic rings. The van der Waals surface area contributed by atoms with Gasteiger partial charge in [-0.1, -0.05) is 56.3 Å². The van der Waals surface area contributed by atoms with Crippen molar-refractivity contribution in [1.29, 1.82) is 0 Å². The van der Waals surface area contributed by atoms with Crippen LogP contribution in [0.15, 0.2) is 59.5 Å². The van der Waals surface area contributed by atoms with E-state index in [-0.39, 0.29) is 12.5 Å². The average Bonchev–Trinajstić information content (AvgIpc) is 2.57. The second-order valence-electron chi connectivity index (χ2n) is 6.29. The molecule has 0 aliphatic carbocycles. The lowest BCUT2D eigenvalue weighted by Gasteiger charge is -2.23. The van der Waals surface area contributed by atoms with E-state index in [0.717, 1.165) is 22.8 Å². The predicted molar refractivity (Wildman–Crippen MR) is 100.0 cm³/mol. The Morgan fingerprint density at radius 3 is 2.13 bits per heavy atom. The van der Waals surface area contributed by atoms with Crippen molar-refractivity contribution in [2.24, 2.45) is 11.7 Å². The van der Waals surface area contributed by atoms with Gasteiger partial charge in [0.15, 0.2) is 0 Å². The van der Waals surface area contributed by atoms with Crippen LogP contribution in [0.1, 0.15) is 37.3 Å². The Bertz CT molecular complexity index is 568. The van der Waals surface area contributed by atoms with Crippen molar-refractivity contribution in [2.45, 2.75) is 37.2 Å². The smallest absolute Gasteiger partial charge is 0.0771 e. The number of rotatable bonds is 8. The molecule has 3 N–H and O–H groups in total. The number of benzene rings is 2. The highest BCUT2D eigenvalue weighted by Gasteiger charge is 2.21. The Balaban J connectivity index is 2.13. The first-order valence-corrected chi connectivity index (χ1v) is 9.26. The van der Waals surface area contributed by atoms with E-state index >= 15 is 0 Å². The van der Waals surface area contributed by atoms with Gasteiger partial charge in [0.2, 0.25) is 0 Å². The molecule has 0 fully saturated rings. The molecule has 0 saturated heterocycles.